The van der Waals surface area contributed by atoms with Crippen LogP contribution in [0.25, 0.3) is 5.69 Å². The highest BCUT2D eigenvalue weighted by molar-refractivity contribution is 5.31. The monoisotopic (exact) mass is 325 g/mol. The lowest BCUT2D eigenvalue weighted by atomic mass is 10.1. The van der Waals surface area contributed by atoms with Crippen molar-refractivity contribution >= 4 is 0 Å². The van der Waals surface area contributed by atoms with Crippen molar-refractivity contribution in [3.05, 3.63) is 65.9 Å². The van der Waals surface area contributed by atoms with Crippen LogP contribution in [0.5, 0.6) is 11.7 Å². The predicted molar refractivity (Wildman–Crippen MR) is 85.9 cm³/mol. The van der Waals surface area contributed by atoms with Crippen LogP contribution >= 0.6 is 0 Å². The summed E-state index contributed by atoms with van der Waals surface area (Å²) < 4.78 is 11.5. The number of aromatic nitrogens is 2. The summed E-state index contributed by atoms with van der Waals surface area (Å²) in [5.74, 6) is 0.311. The Morgan fingerprint density at radius 1 is 1.12 bits per heavy atom. The Labute approximate surface area is 140 Å². The van der Waals surface area contributed by atoms with Crippen LogP contribution in [0.4, 0.5) is 0 Å². The van der Waals surface area contributed by atoms with Crippen molar-refractivity contribution in [3.8, 4) is 17.4 Å². The number of benzene rings is 2. The SMILES string of the molecule is COc1ccc(-[n+]2noc([O-])c2CNCCc2ccccc2)cc1. The molecule has 0 saturated heterocycles. The molecular weight excluding hydrogens is 306 g/mol. The summed E-state index contributed by atoms with van der Waals surface area (Å²) in [6, 6.07) is 17.5. The van der Waals surface area contributed by atoms with Crippen molar-refractivity contribution in [3.63, 3.8) is 0 Å². The van der Waals surface area contributed by atoms with E-state index in [1.807, 2.05) is 42.5 Å². The van der Waals surface area contributed by atoms with Crippen LogP contribution in [-0.4, -0.2) is 18.9 Å². The third kappa shape index (κ3) is 3.72. The molecule has 124 valence electrons. The molecule has 0 aliphatic rings. The highest BCUT2D eigenvalue weighted by Gasteiger charge is 2.19. The molecule has 1 aromatic heterocycles. The van der Waals surface area contributed by atoms with Crippen LogP contribution in [0.1, 0.15) is 11.3 Å². The number of ether oxygens (including phenoxy) is 1. The second-order valence-corrected chi connectivity index (χ2v) is 5.33. The molecule has 0 atom stereocenters. The van der Waals surface area contributed by atoms with E-state index in [2.05, 4.69) is 22.7 Å². The molecule has 6 heteroatoms. The lowest BCUT2D eigenvalue weighted by Crippen LogP contribution is -2.39. The fourth-order valence-corrected chi connectivity index (χ4v) is 2.42. The molecule has 0 fully saturated rings. The first-order chi connectivity index (χ1) is 11.8. The van der Waals surface area contributed by atoms with Crippen molar-refractivity contribution in [2.75, 3.05) is 13.7 Å². The largest absolute Gasteiger partial charge is 0.539 e. The van der Waals surface area contributed by atoms with E-state index in [0.717, 1.165) is 24.4 Å². The molecule has 0 radical (unpaired) electrons. The van der Waals surface area contributed by atoms with Gasteiger partial charge in [0.2, 0.25) is 5.69 Å². The molecule has 3 rings (SSSR count). The predicted octanol–water partition coefficient (Wildman–Crippen LogP) is 1.37. The average Bonchev–Trinajstić information content (AvgIpc) is 3.00. The maximum absolute atomic E-state index is 11.9. The number of nitrogens with one attached hydrogen (secondary N) is 1. The molecule has 0 bridgehead atoms. The Morgan fingerprint density at radius 3 is 2.58 bits per heavy atom. The summed E-state index contributed by atoms with van der Waals surface area (Å²) >= 11 is 0. The van der Waals surface area contributed by atoms with Crippen molar-refractivity contribution in [1.82, 2.24) is 10.6 Å². The highest BCUT2D eigenvalue weighted by atomic mass is 16.6. The molecule has 0 unspecified atom stereocenters. The second-order valence-electron chi connectivity index (χ2n) is 5.33. The lowest BCUT2D eigenvalue weighted by Gasteiger charge is -2.03. The van der Waals surface area contributed by atoms with E-state index in [1.54, 1.807) is 7.11 Å². The molecular formula is C18H19N3O3. The highest BCUT2D eigenvalue weighted by Crippen LogP contribution is 2.14. The van der Waals surface area contributed by atoms with Crippen LogP contribution in [0.15, 0.2) is 59.1 Å². The van der Waals surface area contributed by atoms with Crippen LogP contribution < -0.4 is 19.8 Å². The van der Waals surface area contributed by atoms with Gasteiger partial charge in [-0.25, -0.2) is 0 Å². The van der Waals surface area contributed by atoms with E-state index in [4.69, 9.17) is 9.26 Å². The van der Waals surface area contributed by atoms with Gasteiger partial charge in [-0.15, -0.1) is 0 Å². The zero-order valence-electron chi connectivity index (χ0n) is 13.4. The van der Waals surface area contributed by atoms with Gasteiger partial charge in [0.25, 0.3) is 5.69 Å². The van der Waals surface area contributed by atoms with Crippen LogP contribution in [-0.2, 0) is 13.0 Å². The van der Waals surface area contributed by atoms with Gasteiger partial charge in [0, 0.05) is 12.1 Å². The first kappa shape index (κ1) is 16.0. The molecule has 3 aromatic rings. The second kappa shape index (κ2) is 7.61. The summed E-state index contributed by atoms with van der Waals surface area (Å²) in [6.45, 7) is 1.15. The molecule has 0 aliphatic carbocycles. The Balaban J connectivity index is 1.64. The van der Waals surface area contributed by atoms with Gasteiger partial charge in [-0.1, -0.05) is 30.3 Å². The number of hydrogen-bond acceptors (Lipinski definition) is 5. The molecule has 1 N–H and O–H groups in total. The van der Waals surface area contributed by atoms with E-state index < -0.39 is 5.95 Å². The van der Waals surface area contributed by atoms with Gasteiger partial charge < -0.3 is 19.7 Å². The molecule has 6 nitrogen and oxygen atoms in total. The maximum atomic E-state index is 11.9. The molecule has 0 spiro atoms. The van der Waals surface area contributed by atoms with Crippen LogP contribution in [0, 0.1) is 0 Å². The summed E-state index contributed by atoms with van der Waals surface area (Å²) in [6.07, 6.45) is 0.892. The number of nitrogens with zero attached hydrogens (tertiary/aromatic N) is 2. The summed E-state index contributed by atoms with van der Waals surface area (Å²) in [7, 11) is 1.61. The van der Waals surface area contributed by atoms with Crippen molar-refractivity contribution in [2.45, 2.75) is 13.0 Å². The summed E-state index contributed by atoms with van der Waals surface area (Å²) in [4.78, 5) is 0. The van der Waals surface area contributed by atoms with Crippen molar-refractivity contribution < 1.29 is 19.0 Å². The van der Waals surface area contributed by atoms with Gasteiger partial charge in [-0.2, -0.15) is 0 Å². The van der Waals surface area contributed by atoms with Gasteiger partial charge in [0.1, 0.15) is 5.75 Å². The van der Waals surface area contributed by atoms with E-state index in [0.29, 0.717) is 12.2 Å². The zero-order chi connectivity index (χ0) is 16.8. The Hall–Kier alpha value is -2.86. The first-order valence-electron chi connectivity index (χ1n) is 7.75. The maximum Gasteiger partial charge on any atom is 0.253 e. The van der Waals surface area contributed by atoms with Crippen molar-refractivity contribution in [1.29, 1.82) is 0 Å². The standard InChI is InChI=1S/C18H19N3O3/c1-23-16-9-7-15(8-10-16)21-17(18(22)24-20-21)13-19-12-11-14-5-3-2-4-6-14/h2-10,19H,11-13H2,1H3. The Kier molecular flexibility index (Phi) is 5.08. The number of rotatable bonds is 7. The first-order valence-corrected chi connectivity index (χ1v) is 7.75. The quantitative estimate of drug-likeness (QED) is 0.524. The van der Waals surface area contributed by atoms with Gasteiger partial charge in [-0.05, 0) is 35.3 Å². The minimum absolute atomic E-state index is 0.390. The Morgan fingerprint density at radius 2 is 1.88 bits per heavy atom. The minimum atomic E-state index is -0.432. The fraction of sp³-hybridized carbons (Fsp3) is 0.222. The normalized spacial score (nSPS) is 10.7. The van der Waals surface area contributed by atoms with E-state index in [1.165, 1.54) is 10.2 Å². The summed E-state index contributed by atoms with van der Waals surface area (Å²) in [5, 5.41) is 19.0. The number of methoxy groups -OCH3 is 1. The van der Waals surface area contributed by atoms with Gasteiger partial charge in [0.05, 0.1) is 18.9 Å². The smallest absolute Gasteiger partial charge is 0.253 e. The van der Waals surface area contributed by atoms with E-state index in [-0.39, 0.29) is 0 Å². The van der Waals surface area contributed by atoms with Crippen LogP contribution in [0.3, 0.4) is 0 Å². The minimum Gasteiger partial charge on any atom is -0.539 e. The molecule has 24 heavy (non-hydrogen) atoms. The third-order valence-electron chi connectivity index (χ3n) is 3.74. The van der Waals surface area contributed by atoms with Gasteiger partial charge in [-0.3, -0.25) is 0 Å². The summed E-state index contributed by atoms with van der Waals surface area (Å²) in [5.41, 5.74) is 2.47. The lowest BCUT2D eigenvalue weighted by molar-refractivity contribution is -0.677. The topological polar surface area (TPSA) is 74.2 Å². The number of hydrogen-bond donors (Lipinski definition) is 1. The van der Waals surface area contributed by atoms with E-state index in [9.17, 15) is 5.11 Å². The fourth-order valence-electron chi connectivity index (χ4n) is 2.42. The average molecular weight is 325 g/mol. The third-order valence-corrected chi connectivity index (χ3v) is 3.74. The Bertz CT molecular complexity index is 770. The molecule has 0 amide bonds. The van der Waals surface area contributed by atoms with Gasteiger partial charge >= 0.3 is 0 Å². The van der Waals surface area contributed by atoms with Crippen LogP contribution in [0.2, 0.25) is 0 Å². The molecule has 1 heterocycles. The molecule has 2 aromatic carbocycles. The van der Waals surface area contributed by atoms with Gasteiger partial charge in [0.15, 0.2) is 5.95 Å². The van der Waals surface area contributed by atoms with Crippen molar-refractivity contribution in [2.24, 2.45) is 0 Å². The van der Waals surface area contributed by atoms with E-state index >= 15 is 0 Å². The molecule has 0 saturated carbocycles. The zero-order valence-corrected chi connectivity index (χ0v) is 13.4. The molecule has 0 aliphatic heterocycles.